The van der Waals surface area contributed by atoms with Gasteiger partial charge in [0.2, 0.25) is 11.8 Å². The van der Waals surface area contributed by atoms with E-state index >= 15 is 0 Å². The van der Waals surface area contributed by atoms with Crippen molar-refractivity contribution in [2.45, 2.75) is 24.9 Å². The summed E-state index contributed by atoms with van der Waals surface area (Å²) in [6.45, 7) is 2.02. The molecule has 2 N–H and O–H groups in total. The van der Waals surface area contributed by atoms with Gasteiger partial charge in [-0.2, -0.15) is 11.8 Å². The number of aromatic hydroxyl groups is 1. The summed E-state index contributed by atoms with van der Waals surface area (Å²) >= 11 is 1.57. The molecule has 2 fully saturated rings. The summed E-state index contributed by atoms with van der Waals surface area (Å²) in [6, 6.07) is 5.97. The second kappa shape index (κ2) is 7.52. The number of methoxy groups -OCH3 is 1. The van der Waals surface area contributed by atoms with E-state index in [1.165, 1.54) is 24.1 Å². The maximum absolute atomic E-state index is 13.1. The number of thioether (sulfide) groups is 1. The van der Waals surface area contributed by atoms with E-state index in [1.807, 2.05) is 6.26 Å². The Kier molecular flexibility index (Phi) is 5.48. The molecule has 0 bridgehead atoms. The summed E-state index contributed by atoms with van der Waals surface area (Å²) in [7, 11) is 1.30. The molecule has 0 saturated carbocycles. The molecule has 0 unspecified atom stereocenters. The van der Waals surface area contributed by atoms with Crippen molar-refractivity contribution in [2.24, 2.45) is 11.8 Å². The number of amides is 2. The largest absolute Gasteiger partial charge is 0.508 e. The van der Waals surface area contributed by atoms with E-state index in [0.29, 0.717) is 12.2 Å². The lowest BCUT2D eigenvalue weighted by atomic mass is 9.78. The molecule has 0 aromatic heterocycles. The van der Waals surface area contributed by atoms with E-state index in [2.05, 4.69) is 5.32 Å². The first kappa shape index (κ1) is 19.7. The van der Waals surface area contributed by atoms with Gasteiger partial charge in [-0.3, -0.25) is 24.6 Å². The van der Waals surface area contributed by atoms with Crippen molar-refractivity contribution in [2.75, 3.05) is 25.7 Å². The Hall–Kier alpha value is -2.06. The van der Waals surface area contributed by atoms with Gasteiger partial charge in [0.05, 0.1) is 18.9 Å². The van der Waals surface area contributed by atoms with Crippen LogP contribution in [0.3, 0.4) is 0 Å². The molecule has 2 aliphatic rings. The summed E-state index contributed by atoms with van der Waals surface area (Å²) < 4.78 is 5.07. The van der Waals surface area contributed by atoms with E-state index in [0.717, 1.165) is 5.56 Å². The maximum atomic E-state index is 13.1. The summed E-state index contributed by atoms with van der Waals surface area (Å²) in [5, 5.41) is 12.9. The van der Waals surface area contributed by atoms with Crippen LogP contribution in [-0.2, 0) is 19.1 Å². The number of hydrogen-bond donors (Lipinski definition) is 2. The van der Waals surface area contributed by atoms with E-state index in [-0.39, 0.29) is 24.1 Å². The number of nitrogens with one attached hydrogen (secondary N) is 1. The lowest BCUT2D eigenvalue weighted by Gasteiger charge is -2.32. The minimum atomic E-state index is -1.25. The highest BCUT2D eigenvalue weighted by atomic mass is 32.2. The highest BCUT2D eigenvalue weighted by molar-refractivity contribution is 7.98. The number of phenolic OH excluding ortho intramolecular Hbond substituents is 1. The van der Waals surface area contributed by atoms with Crippen LogP contribution >= 0.6 is 11.8 Å². The van der Waals surface area contributed by atoms with E-state index < -0.39 is 29.4 Å². The predicted octanol–water partition coefficient (Wildman–Crippen LogP) is 1.32. The lowest BCUT2D eigenvalue weighted by molar-refractivity contribution is -0.154. The Labute approximate surface area is 162 Å². The lowest BCUT2D eigenvalue weighted by Crippen LogP contribution is -2.56. The van der Waals surface area contributed by atoms with Crippen molar-refractivity contribution < 1.29 is 24.2 Å². The van der Waals surface area contributed by atoms with Crippen LogP contribution in [0, 0.1) is 11.8 Å². The number of ether oxygens (including phenoxy) is 1. The average Bonchev–Trinajstić information content (AvgIpc) is 3.14. The van der Waals surface area contributed by atoms with Gasteiger partial charge in [0, 0.05) is 12.6 Å². The summed E-state index contributed by atoms with van der Waals surface area (Å²) in [5.41, 5.74) is -0.501. The third kappa shape index (κ3) is 3.00. The zero-order valence-electron chi connectivity index (χ0n) is 15.6. The number of imide groups is 1. The van der Waals surface area contributed by atoms with Gasteiger partial charge in [-0.15, -0.1) is 0 Å². The first-order chi connectivity index (χ1) is 12.9. The highest BCUT2D eigenvalue weighted by Crippen LogP contribution is 2.50. The van der Waals surface area contributed by atoms with Crippen LogP contribution in [0.1, 0.15) is 24.9 Å². The van der Waals surface area contributed by atoms with Crippen LogP contribution in [0.15, 0.2) is 24.3 Å². The Bertz CT molecular complexity index is 753. The van der Waals surface area contributed by atoms with Crippen LogP contribution in [0.5, 0.6) is 5.75 Å². The fraction of sp³-hybridized carbons (Fsp3) is 0.526. The molecule has 2 heterocycles. The van der Waals surface area contributed by atoms with Gasteiger partial charge in [-0.05, 0) is 43.0 Å². The summed E-state index contributed by atoms with van der Waals surface area (Å²) in [4.78, 5) is 40.2. The predicted molar refractivity (Wildman–Crippen MR) is 101 cm³/mol. The molecule has 0 spiro atoms. The number of esters is 1. The molecule has 2 saturated heterocycles. The van der Waals surface area contributed by atoms with Crippen LogP contribution < -0.4 is 5.32 Å². The molecule has 8 heteroatoms. The molecule has 2 amide bonds. The van der Waals surface area contributed by atoms with Crippen molar-refractivity contribution in [3.05, 3.63) is 29.8 Å². The number of fused-ring (bicyclic) bond motifs is 1. The van der Waals surface area contributed by atoms with Gasteiger partial charge in [-0.1, -0.05) is 12.1 Å². The molecule has 4 atom stereocenters. The van der Waals surface area contributed by atoms with Crippen LogP contribution in [0.4, 0.5) is 0 Å². The third-order valence-corrected chi connectivity index (χ3v) is 6.18. The molecule has 1 aromatic rings. The summed E-state index contributed by atoms with van der Waals surface area (Å²) in [5.74, 6) is -1.85. The second-order valence-electron chi connectivity index (χ2n) is 6.84. The molecule has 146 valence electrons. The number of phenols is 1. The fourth-order valence-corrected chi connectivity index (χ4v) is 4.83. The number of likely N-dealkylation sites (tertiary alicyclic amines) is 1. The molecule has 2 aliphatic heterocycles. The minimum absolute atomic E-state index is 0.110. The Morgan fingerprint density at radius 1 is 1.30 bits per heavy atom. The second-order valence-corrected chi connectivity index (χ2v) is 7.83. The SMILES string of the molecule is CCN1C(=O)[C@H]2[C@@H](C1=O)[C@](CCSC)(C(=O)OC)N[C@H]2c1ccc(O)cc1. The van der Waals surface area contributed by atoms with Gasteiger partial charge >= 0.3 is 5.97 Å². The third-order valence-electron chi connectivity index (χ3n) is 5.56. The monoisotopic (exact) mass is 392 g/mol. The van der Waals surface area contributed by atoms with Crippen molar-refractivity contribution in [3.63, 3.8) is 0 Å². The number of carbonyl (C=O) groups is 3. The molecule has 0 radical (unpaired) electrons. The number of benzene rings is 1. The van der Waals surface area contributed by atoms with Crippen molar-refractivity contribution in [3.8, 4) is 5.75 Å². The van der Waals surface area contributed by atoms with Crippen LogP contribution in [0.25, 0.3) is 0 Å². The molecule has 3 rings (SSSR count). The molecule has 27 heavy (non-hydrogen) atoms. The molecular weight excluding hydrogens is 368 g/mol. The van der Waals surface area contributed by atoms with Crippen molar-refractivity contribution >= 4 is 29.5 Å². The maximum Gasteiger partial charge on any atom is 0.326 e. The first-order valence-electron chi connectivity index (χ1n) is 8.90. The normalized spacial score (nSPS) is 29.9. The topological polar surface area (TPSA) is 95.9 Å². The number of hydrogen-bond acceptors (Lipinski definition) is 7. The Balaban J connectivity index is 2.12. The van der Waals surface area contributed by atoms with Gasteiger partial charge in [0.1, 0.15) is 11.3 Å². The molecular formula is C19H24N2O5S. The van der Waals surface area contributed by atoms with Crippen LogP contribution in [0.2, 0.25) is 0 Å². The quantitative estimate of drug-likeness (QED) is 0.557. The van der Waals surface area contributed by atoms with Gasteiger partial charge in [-0.25, -0.2) is 0 Å². The van der Waals surface area contributed by atoms with Crippen LogP contribution in [-0.4, -0.2) is 59.0 Å². The van der Waals surface area contributed by atoms with Crippen molar-refractivity contribution in [1.29, 1.82) is 0 Å². The van der Waals surface area contributed by atoms with Gasteiger partial charge in [0.25, 0.3) is 0 Å². The molecule has 7 nitrogen and oxygen atoms in total. The average molecular weight is 392 g/mol. The summed E-state index contributed by atoms with van der Waals surface area (Å²) in [6.07, 6.45) is 2.31. The smallest absolute Gasteiger partial charge is 0.326 e. The zero-order chi connectivity index (χ0) is 19.8. The Morgan fingerprint density at radius 3 is 2.52 bits per heavy atom. The number of rotatable bonds is 6. The first-order valence-corrected chi connectivity index (χ1v) is 10.3. The number of nitrogens with zero attached hydrogens (tertiary/aromatic N) is 1. The highest BCUT2D eigenvalue weighted by Gasteiger charge is 2.68. The standard InChI is InChI=1S/C19H24N2O5S/c1-4-21-16(23)13-14(17(21)24)19(9-10-27-3,18(25)26-2)20-15(13)11-5-7-12(22)8-6-11/h5-8,13-15,20,22H,4,9-10H2,1-3H3/t13-,14-,15-,19+/m0/s1. The fourth-order valence-electron chi connectivity index (χ4n) is 4.31. The molecule has 1 aromatic carbocycles. The van der Waals surface area contributed by atoms with Gasteiger partial charge < -0.3 is 9.84 Å². The molecule has 0 aliphatic carbocycles. The van der Waals surface area contributed by atoms with Crippen molar-refractivity contribution in [1.82, 2.24) is 10.2 Å². The minimum Gasteiger partial charge on any atom is -0.508 e. The van der Waals surface area contributed by atoms with E-state index in [1.54, 1.807) is 30.8 Å². The van der Waals surface area contributed by atoms with Gasteiger partial charge in [0.15, 0.2) is 0 Å². The number of carbonyl (C=O) groups excluding carboxylic acids is 3. The van der Waals surface area contributed by atoms with E-state index in [4.69, 9.17) is 4.74 Å². The van der Waals surface area contributed by atoms with E-state index in [9.17, 15) is 19.5 Å². The Morgan fingerprint density at radius 2 is 1.96 bits per heavy atom. The zero-order valence-corrected chi connectivity index (χ0v) is 16.4.